The highest BCUT2D eigenvalue weighted by atomic mass is 16.3. The van der Waals surface area contributed by atoms with Crippen LogP contribution in [0.15, 0.2) is 0 Å². The SMILES string of the molecule is CC(O)C(=O)NCCC1CCCCC1. The Labute approximate surface area is 85.9 Å². The van der Waals surface area contributed by atoms with E-state index in [1.165, 1.54) is 39.0 Å². The van der Waals surface area contributed by atoms with Gasteiger partial charge in [0, 0.05) is 6.54 Å². The Bertz CT molecular complexity index is 174. The molecule has 0 saturated heterocycles. The molecular weight excluding hydrogens is 178 g/mol. The van der Waals surface area contributed by atoms with Gasteiger partial charge in [-0.3, -0.25) is 4.79 Å². The summed E-state index contributed by atoms with van der Waals surface area (Å²) in [5.74, 6) is 0.541. The highest BCUT2D eigenvalue weighted by Gasteiger charge is 2.14. The van der Waals surface area contributed by atoms with Gasteiger partial charge in [-0.05, 0) is 19.3 Å². The van der Waals surface area contributed by atoms with Gasteiger partial charge in [-0.25, -0.2) is 0 Å². The number of carbonyl (C=O) groups is 1. The summed E-state index contributed by atoms with van der Waals surface area (Å²) in [4.78, 5) is 11.0. The third kappa shape index (κ3) is 4.09. The normalized spacial score (nSPS) is 20.4. The standard InChI is InChI=1S/C11H21NO2/c1-9(13)11(14)12-8-7-10-5-3-2-4-6-10/h9-10,13H,2-8H2,1H3,(H,12,14). The Morgan fingerprint density at radius 2 is 2.07 bits per heavy atom. The van der Waals surface area contributed by atoms with E-state index >= 15 is 0 Å². The number of hydrogen-bond acceptors (Lipinski definition) is 2. The summed E-state index contributed by atoms with van der Waals surface area (Å²) >= 11 is 0. The summed E-state index contributed by atoms with van der Waals surface area (Å²) in [5, 5.41) is 11.7. The van der Waals surface area contributed by atoms with Gasteiger partial charge in [0.25, 0.3) is 0 Å². The Kier molecular flexibility index (Phi) is 4.94. The first-order valence-corrected chi connectivity index (χ1v) is 5.66. The highest BCUT2D eigenvalue weighted by molar-refractivity contribution is 5.79. The van der Waals surface area contributed by atoms with Gasteiger partial charge >= 0.3 is 0 Å². The number of carbonyl (C=O) groups excluding carboxylic acids is 1. The van der Waals surface area contributed by atoms with E-state index in [0.717, 1.165) is 12.3 Å². The molecule has 1 amide bonds. The highest BCUT2D eigenvalue weighted by Crippen LogP contribution is 2.25. The second-order valence-corrected chi connectivity index (χ2v) is 4.26. The molecule has 3 nitrogen and oxygen atoms in total. The summed E-state index contributed by atoms with van der Waals surface area (Å²) in [6, 6.07) is 0. The molecule has 0 spiro atoms. The van der Waals surface area contributed by atoms with Crippen molar-refractivity contribution >= 4 is 5.91 Å². The molecule has 1 rings (SSSR count). The van der Waals surface area contributed by atoms with Crippen LogP contribution in [0.1, 0.15) is 45.4 Å². The van der Waals surface area contributed by atoms with E-state index in [4.69, 9.17) is 5.11 Å². The van der Waals surface area contributed by atoms with Crippen LogP contribution in [0, 0.1) is 5.92 Å². The molecule has 0 aromatic carbocycles. The minimum Gasteiger partial charge on any atom is -0.384 e. The molecule has 1 saturated carbocycles. The monoisotopic (exact) mass is 199 g/mol. The summed E-state index contributed by atoms with van der Waals surface area (Å²) in [5.41, 5.74) is 0. The summed E-state index contributed by atoms with van der Waals surface area (Å²) in [6.45, 7) is 2.21. The average molecular weight is 199 g/mol. The van der Waals surface area contributed by atoms with E-state index in [1.807, 2.05) is 0 Å². The van der Waals surface area contributed by atoms with E-state index in [-0.39, 0.29) is 5.91 Å². The minimum absolute atomic E-state index is 0.249. The van der Waals surface area contributed by atoms with Gasteiger partial charge in [-0.15, -0.1) is 0 Å². The molecule has 0 aromatic rings. The van der Waals surface area contributed by atoms with Crippen molar-refractivity contribution < 1.29 is 9.90 Å². The van der Waals surface area contributed by atoms with Crippen molar-refractivity contribution in [2.75, 3.05) is 6.54 Å². The van der Waals surface area contributed by atoms with Crippen LogP contribution in [-0.2, 0) is 4.79 Å². The van der Waals surface area contributed by atoms with Crippen molar-refractivity contribution in [2.45, 2.75) is 51.6 Å². The first kappa shape index (κ1) is 11.5. The third-order valence-corrected chi connectivity index (χ3v) is 2.96. The number of rotatable bonds is 4. The third-order valence-electron chi connectivity index (χ3n) is 2.96. The number of hydrogen-bond donors (Lipinski definition) is 2. The zero-order valence-electron chi connectivity index (χ0n) is 8.96. The fourth-order valence-corrected chi connectivity index (χ4v) is 2.02. The molecule has 1 unspecified atom stereocenters. The topological polar surface area (TPSA) is 49.3 Å². The largest absolute Gasteiger partial charge is 0.384 e. The Morgan fingerprint density at radius 1 is 1.43 bits per heavy atom. The predicted molar refractivity (Wildman–Crippen MR) is 55.9 cm³/mol. The number of aliphatic hydroxyl groups is 1. The molecule has 0 radical (unpaired) electrons. The fourth-order valence-electron chi connectivity index (χ4n) is 2.02. The van der Waals surface area contributed by atoms with E-state index in [0.29, 0.717) is 6.54 Å². The Balaban J connectivity index is 2.05. The van der Waals surface area contributed by atoms with Crippen molar-refractivity contribution in [1.82, 2.24) is 5.32 Å². The molecule has 0 aliphatic heterocycles. The first-order chi connectivity index (χ1) is 6.70. The lowest BCUT2D eigenvalue weighted by Gasteiger charge is -2.21. The Morgan fingerprint density at radius 3 is 2.64 bits per heavy atom. The molecule has 0 heterocycles. The van der Waals surface area contributed by atoms with Crippen LogP contribution in [0.5, 0.6) is 0 Å². The molecule has 1 atom stereocenters. The quantitative estimate of drug-likeness (QED) is 0.720. The zero-order chi connectivity index (χ0) is 10.4. The van der Waals surface area contributed by atoms with E-state index in [2.05, 4.69) is 5.32 Å². The van der Waals surface area contributed by atoms with E-state index in [1.54, 1.807) is 0 Å². The molecule has 1 aliphatic carbocycles. The van der Waals surface area contributed by atoms with Gasteiger partial charge in [0.2, 0.25) is 5.91 Å². The maximum Gasteiger partial charge on any atom is 0.248 e. The maximum atomic E-state index is 11.0. The van der Waals surface area contributed by atoms with Crippen LogP contribution >= 0.6 is 0 Å². The van der Waals surface area contributed by atoms with E-state index in [9.17, 15) is 4.79 Å². The number of aliphatic hydroxyl groups excluding tert-OH is 1. The van der Waals surface area contributed by atoms with Crippen molar-refractivity contribution in [3.63, 3.8) is 0 Å². The number of nitrogens with one attached hydrogen (secondary N) is 1. The first-order valence-electron chi connectivity index (χ1n) is 5.66. The van der Waals surface area contributed by atoms with Crippen molar-refractivity contribution in [1.29, 1.82) is 0 Å². The smallest absolute Gasteiger partial charge is 0.248 e. The van der Waals surface area contributed by atoms with Gasteiger partial charge < -0.3 is 10.4 Å². The maximum absolute atomic E-state index is 11.0. The minimum atomic E-state index is -0.874. The molecule has 2 N–H and O–H groups in total. The molecule has 3 heteroatoms. The summed E-state index contributed by atoms with van der Waals surface area (Å²) in [7, 11) is 0. The van der Waals surface area contributed by atoms with Crippen LogP contribution in [0.25, 0.3) is 0 Å². The van der Waals surface area contributed by atoms with Crippen molar-refractivity contribution in [3.05, 3.63) is 0 Å². The predicted octanol–water partition coefficient (Wildman–Crippen LogP) is 1.45. The van der Waals surface area contributed by atoms with Crippen LogP contribution in [-0.4, -0.2) is 23.7 Å². The molecule has 14 heavy (non-hydrogen) atoms. The zero-order valence-corrected chi connectivity index (χ0v) is 8.96. The second kappa shape index (κ2) is 6.02. The molecular formula is C11H21NO2. The van der Waals surface area contributed by atoms with Crippen molar-refractivity contribution in [2.24, 2.45) is 5.92 Å². The second-order valence-electron chi connectivity index (χ2n) is 4.26. The lowest BCUT2D eigenvalue weighted by molar-refractivity contribution is -0.128. The van der Waals surface area contributed by atoms with Gasteiger partial charge in [0.05, 0.1) is 0 Å². The molecule has 82 valence electrons. The molecule has 1 fully saturated rings. The van der Waals surface area contributed by atoms with E-state index < -0.39 is 6.10 Å². The van der Waals surface area contributed by atoms with Crippen LogP contribution in [0.3, 0.4) is 0 Å². The summed E-state index contributed by atoms with van der Waals surface area (Å²) in [6.07, 6.45) is 6.87. The Hall–Kier alpha value is -0.570. The lowest BCUT2D eigenvalue weighted by Crippen LogP contribution is -2.34. The van der Waals surface area contributed by atoms with Crippen LogP contribution in [0.2, 0.25) is 0 Å². The van der Waals surface area contributed by atoms with Crippen LogP contribution < -0.4 is 5.32 Å². The summed E-state index contributed by atoms with van der Waals surface area (Å²) < 4.78 is 0. The fraction of sp³-hybridized carbons (Fsp3) is 0.909. The molecule has 0 aromatic heterocycles. The number of amides is 1. The average Bonchev–Trinajstić information content (AvgIpc) is 2.19. The molecule has 0 bridgehead atoms. The van der Waals surface area contributed by atoms with Gasteiger partial charge in [0.15, 0.2) is 0 Å². The van der Waals surface area contributed by atoms with Gasteiger partial charge in [-0.2, -0.15) is 0 Å². The van der Waals surface area contributed by atoms with Gasteiger partial charge in [-0.1, -0.05) is 32.1 Å². The lowest BCUT2D eigenvalue weighted by atomic mass is 9.87. The van der Waals surface area contributed by atoms with Gasteiger partial charge in [0.1, 0.15) is 6.10 Å². The van der Waals surface area contributed by atoms with Crippen molar-refractivity contribution in [3.8, 4) is 0 Å². The molecule has 1 aliphatic rings. The van der Waals surface area contributed by atoms with Crippen LogP contribution in [0.4, 0.5) is 0 Å².